The summed E-state index contributed by atoms with van der Waals surface area (Å²) in [6.45, 7) is 4.83. The Morgan fingerprint density at radius 3 is 2.52 bits per heavy atom. The summed E-state index contributed by atoms with van der Waals surface area (Å²) in [6.07, 6.45) is -1.97. The second-order valence-electron chi connectivity index (χ2n) is 8.59. The summed E-state index contributed by atoms with van der Waals surface area (Å²) in [5.74, 6) is 1.30. The molecular formula is C24H26N2O7. The maximum Gasteiger partial charge on any atom is 0.412 e. The van der Waals surface area contributed by atoms with Crippen molar-refractivity contribution in [3.05, 3.63) is 53.6 Å². The van der Waals surface area contributed by atoms with E-state index < -0.39 is 24.4 Å². The monoisotopic (exact) mass is 454 g/mol. The first-order chi connectivity index (χ1) is 16.0. The number of ether oxygens (including phenoxy) is 5. The van der Waals surface area contributed by atoms with E-state index in [0.29, 0.717) is 28.7 Å². The van der Waals surface area contributed by atoms with Crippen LogP contribution in [-0.4, -0.2) is 56.4 Å². The molecule has 0 radical (unpaired) electrons. The molecule has 2 aromatic carbocycles. The summed E-state index contributed by atoms with van der Waals surface area (Å²) in [6, 6.07) is 12.3. The molecule has 2 N–H and O–H groups in total. The van der Waals surface area contributed by atoms with E-state index >= 15 is 0 Å². The molecular weight excluding hydrogens is 428 g/mol. The first-order valence-corrected chi connectivity index (χ1v) is 11.0. The summed E-state index contributed by atoms with van der Waals surface area (Å²) in [5, 5.41) is 5.68. The van der Waals surface area contributed by atoms with E-state index in [1.54, 1.807) is 18.2 Å². The van der Waals surface area contributed by atoms with Crippen LogP contribution in [0.3, 0.4) is 0 Å². The van der Waals surface area contributed by atoms with Gasteiger partial charge in [-0.25, -0.2) is 4.79 Å². The zero-order valence-electron chi connectivity index (χ0n) is 18.4. The highest BCUT2D eigenvalue weighted by Gasteiger charge is 2.50. The van der Waals surface area contributed by atoms with Gasteiger partial charge in [-0.2, -0.15) is 0 Å². The second-order valence-corrected chi connectivity index (χ2v) is 8.59. The maximum atomic E-state index is 12.7. The third kappa shape index (κ3) is 4.46. The molecule has 9 nitrogen and oxygen atoms in total. The number of hydrogen-bond acceptors (Lipinski definition) is 7. The van der Waals surface area contributed by atoms with E-state index in [4.69, 9.17) is 23.7 Å². The van der Waals surface area contributed by atoms with Crippen LogP contribution in [0.2, 0.25) is 0 Å². The molecule has 0 aliphatic carbocycles. The molecule has 4 atom stereocenters. The van der Waals surface area contributed by atoms with Crippen LogP contribution in [-0.2, 0) is 14.2 Å². The highest BCUT2D eigenvalue weighted by molar-refractivity contribution is 5.95. The lowest BCUT2D eigenvalue weighted by Gasteiger charge is -2.18. The molecule has 0 bridgehead atoms. The smallest absolute Gasteiger partial charge is 0.412 e. The largest absolute Gasteiger partial charge is 0.454 e. The van der Waals surface area contributed by atoms with Crippen LogP contribution < -0.4 is 20.1 Å². The van der Waals surface area contributed by atoms with Gasteiger partial charge in [0.25, 0.3) is 5.91 Å². The van der Waals surface area contributed by atoms with Crippen LogP contribution in [0.5, 0.6) is 11.5 Å². The Labute approximate surface area is 191 Å². The van der Waals surface area contributed by atoms with Gasteiger partial charge in [0.15, 0.2) is 17.6 Å². The molecule has 5 rings (SSSR count). The number of carbonyl (C=O) groups is 2. The summed E-state index contributed by atoms with van der Waals surface area (Å²) in [4.78, 5) is 25.1. The number of anilines is 1. The molecule has 0 saturated carbocycles. The minimum absolute atomic E-state index is 0.146. The SMILES string of the molecule is CC(C)c1ccc(NC(=O)O[C@@H]2CO[C@H]3[C@@H]2OC[C@@H]3NC(=O)c2ccc3c(c2)OCO3)cc1. The molecule has 2 fully saturated rings. The van der Waals surface area contributed by atoms with E-state index in [-0.39, 0.29) is 32.0 Å². The van der Waals surface area contributed by atoms with Crippen molar-refractivity contribution in [1.29, 1.82) is 0 Å². The fourth-order valence-corrected chi connectivity index (χ4v) is 4.21. The molecule has 33 heavy (non-hydrogen) atoms. The maximum absolute atomic E-state index is 12.7. The quantitative estimate of drug-likeness (QED) is 0.716. The van der Waals surface area contributed by atoms with Crippen molar-refractivity contribution in [2.75, 3.05) is 25.3 Å². The van der Waals surface area contributed by atoms with Gasteiger partial charge < -0.3 is 29.0 Å². The summed E-state index contributed by atoms with van der Waals surface area (Å²) in [5.41, 5.74) is 2.30. The standard InChI is InChI=1S/C24H26N2O7/c1-13(2)14-3-6-16(7-4-14)25-24(28)33-20-11-30-21-17(10-29-22(20)21)26-23(27)15-5-8-18-19(9-15)32-12-31-18/h3-9,13,17,20-22H,10-12H2,1-2H3,(H,25,28)(H,26,27)/t17-,20+,21+,22+/m0/s1. The molecule has 2 amide bonds. The minimum atomic E-state index is -0.571. The van der Waals surface area contributed by atoms with Crippen LogP contribution in [0, 0.1) is 0 Å². The number of amides is 2. The Morgan fingerprint density at radius 1 is 0.970 bits per heavy atom. The average Bonchev–Trinajstić information content (AvgIpc) is 3.52. The number of carbonyl (C=O) groups excluding carboxylic acids is 2. The number of rotatable bonds is 5. The Bertz CT molecular complexity index is 1040. The molecule has 9 heteroatoms. The van der Waals surface area contributed by atoms with Gasteiger partial charge in [0.1, 0.15) is 12.2 Å². The predicted octanol–water partition coefficient (Wildman–Crippen LogP) is 3.05. The molecule has 2 saturated heterocycles. The van der Waals surface area contributed by atoms with Gasteiger partial charge in [-0.05, 0) is 41.8 Å². The Morgan fingerprint density at radius 2 is 1.73 bits per heavy atom. The van der Waals surface area contributed by atoms with Crippen molar-refractivity contribution in [3.63, 3.8) is 0 Å². The van der Waals surface area contributed by atoms with Gasteiger partial charge in [0.05, 0.1) is 19.3 Å². The topological polar surface area (TPSA) is 104 Å². The molecule has 3 aliphatic rings. The van der Waals surface area contributed by atoms with Gasteiger partial charge in [-0.1, -0.05) is 26.0 Å². The molecule has 2 aromatic rings. The molecule has 3 aliphatic heterocycles. The zero-order valence-corrected chi connectivity index (χ0v) is 18.4. The van der Waals surface area contributed by atoms with Gasteiger partial charge in [-0.3, -0.25) is 10.1 Å². The van der Waals surface area contributed by atoms with Crippen molar-refractivity contribution in [2.24, 2.45) is 0 Å². The molecule has 0 aromatic heterocycles. The summed E-state index contributed by atoms with van der Waals surface area (Å²) >= 11 is 0. The Balaban J connectivity index is 1.15. The predicted molar refractivity (Wildman–Crippen MR) is 118 cm³/mol. The average molecular weight is 454 g/mol. The van der Waals surface area contributed by atoms with Crippen molar-refractivity contribution in [1.82, 2.24) is 5.32 Å². The van der Waals surface area contributed by atoms with E-state index in [9.17, 15) is 9.59 Å². The van der Waals surface area contributed by atoms with Crippen LogP contribution in [0.25, 0.3) is 0 Å². The lowest BCUT2D eigenvalue weighted by Crippen LogP contribution is -2.44. The molecule has 0 spiro atoms. The van der Waals surface area contributed by atoms with Crippen LogP contribution in [0.1, 0.15) is 35.7 Å². The molecule has 3 heterocycles. The first-order valence-electron chi connectivity index (χ1n) is 11.0. The third-order valence-corrected chi connectivity index (χ3v) is 6.04. The number of nitrogens with one attached hydrogen (secondary N) is 2. The van der Waals surface area contributed by atoms with Crippen molar-refractivity contribution < 1.29 is 33.3 Å². The van der Waals surface area contributed by atoms with E-state index in [1.165, 1.54) is 5.56 Å². The first kappa shape index (κ1) is 21.5. The summed E-state index contributed by atoms with van der Waals surface area (Å²) in [7, 11) is 0. The highest BCUT2D eigenvalue weighted by atomic mass is 16.7. The van der Waals surface area contributed by atoms with Gasteiger partial charge in [0.2, 0.25) is 6.79 Å². The fourth-order valence-electron chi connectivity index (χ4n) is 4.21. The lowest BCUT2D eigenvalue weighted by atomic mass is 10.0. The van der Waals surface area contributed by atoms with Crippen molar-refractivity contribution in [3.8, 4) is 11.5 Å². The highest BCUT2D eigenvalue weighted by Crippen LogP contribution is 2.33. The van der Waals surface area contributed by atoms with Crippen LogP contribution >= 0.6 is 0 Å². The third-order valence-electron chi connectivity index (χ3n) is 6.04. The van der Waals surface area contributed by atoms with Gasteiger partial charge in [-0.15, -0.1) is 0 Å². The van der Waals surface area contributed by atoms with E-state index in [0.717, 1.165) is 0 Å². The van der Waals surface area contributed by atoms with Crippen LogP contribution in [0.15, 0.2) is 42.5 Å². The van der Waals surface area contributed by atoms with Crippen molar-refractivity contribution >= 4 is 17.7 Å². The van der Waals surface area contributed by atoms with E-state index in [2.05, 4.69) is 24.5 Å². The normalized spacial score (nSPS) is 25.1. The lowest BCUT2D eigenvalue weighted by molar-refractivity contribution is 0.00862. The molecule has 0 unspecified atom stereocenters. The van der Waals surface area contributed by atoms with Gasteiger partial charge in [0, 0.05) is 11.3 Å². The zero-order chi connectivity index (χ0) is 22.9. The number of hydrogen-bond donors (Lipinski definition) is 2. The summed E-state index contributed by atoms with van der Waals surface area (Å²) < 4.78 is 27.8. The van der Waals surface area contributed by atoms with Gasteiger partial charge >= 0.3 is 6.09 Å². The van der Waals surface area contributed by atoms with E-state index in [1.807, 2.05) is 24.3 Å². The molecule has 174 valence electrons. The van der Waals surface area contributed by atoms with Crippen molar-refractivity contribution in [2.45, 2.75) is 44.1 Å². The van der Waals surface area contributed by atoms with Crippen LogP contribution in [0.4, 0.5) is 10.5 Å². The minimum Gasteiger partial charge on any atom is -0.454 e. The second kappa shape index (κ2) is 8.92. The fraction of sp³-hybridized carbons (Fsp3) is 0.417. The Kier molecular flexibility index (Phi) is 5.82. The number of benzene rings is 2. The Hall–Kier alpha value is -3.30. The number of fused-ring (bicyclic) bond motifs is 2.